The number of aromatic nitrogens is 2. The van der Waals surface area contributed by atoms with Crippen LogP contribution in [0.5, 0.6) is 0 Å². The quantitative estimate of drug-likeness (QED) is 0.603. The van der Waals surface area contributed by atoms with Gasteiger partial charge in [0.25, 0.3) is 0 Å². The molecule has 2 rings (SSSR count). The van der Waals surface area contributed by atoms with Gasteiger partial charge in [-0.15, -0.1) is 0 Å². The van der Waals surface area contributed by atoms with Crippen molar-refractivity contribution in [1.29, 1.82) is 0 Å². The van der Waals surface area contributed by atoms with Crippen LogP contribution in [0.4, 0.5) is 11.6 Å². The Bertz CT molecular complexity index is 429. The molecule has 0 saturated heterocycles. The molecule has 1 fully saturated rings. The van der Waals surface area contributed by atoms with Gasteiger partial charge >= 0.3 is 0 Å². The van der Waals surface area contributed by atoms with Crippen molar-refractivity contribution in [2.45, 2.75) is 31.0 Å². The van der Waals surface area contributed by atoms with E-state index in [0.29, 0.717) is 28.6 Å². The highest BCUT2D eigenvalue weighted by Crippen LogP contribution is 2.27. The topological polar surface area (TPSA) is 98.1 Å². The summed E-state index contributed by atoms with van der Waals surface area (Å²) in [5.41, 5.74) is 11.1. The van der Waals surface area contributed by atoms with Gasteiger partial charge < -0.3 is 16.4 Å². The molecule has 4 N–H and O–H groups in total. The largest absolute Gasteiger partial charge is 0.383 e. The van der Waals surface area contributed by atoms with Gasteiger partial charge in [0, 0.05) is 18.7 Å². The molecule has 1 aromatic rings. The van der Waals surface area contributed by atoms with E-state index in [4.69, 9.17) is 11.5 Å². The van der Waals surface area contributed by atoms with Crippen LogP contribution in [0.1, 0.15) is 19.8 Å². The first-order valence-electron chi connectivity index (χ1n) is 5.92. The number of nitrogen functional groups attached to an aromatic ring is 2. The minimum absolute atomic E-state index is 0.120. The summed E-state index contributed by atoms with van der Waals surface area (Å²) < 4.78 is 0. The van der Waals surface area contributed by atoms with E-state index in [9.17, 15) is 4.79 Å². The zero-order valence-electron chi connectivity index (χ0n) is 10.3. The highest BCUT2D eigenvalue weighted by molar-refractivity contribution is 7.99. The Morgan fingerprint density at radius 3 is 2.56 bits per heavy atom. The van der Waals surface area contributed by atoms with E-state index in [-0.39, 0.29) is 5.91 Å². The van der Waals surface area contributed by atoms with E-state index in [1.807, 2.05) is 11.8 Å². The molecule has 0 spiro atoms. The number of hydrogen-bond acceptors (Lipinski definition) is 6. The van der Waals surface area contributed by atoms with Crippen molar-refractivity contribution < 1.29 is 4.79 Å². The van der Waals surface area contributed by atoms with Crippen molar-refractivity contribution in [2.75, 3.05) is 23.8 Å². The van der Waals surface area contributed by atoms with Gasteiger partial charge in [0.05, 0.1) is 5.75 Å². The van der Waals surface area contributed by atoms with Crippen molar-refractivity contribution in [2.24, 2.45) is 0 Å². The summed E-state index contributed by atoms with van der Waals surface area (Å²) in [6.07, 6.45) is 2.23. The van der Waals surface area contributed by atoms with Crippen LogP contribution in [0, 0.1) is 0 Å². The number of thioether (sulfide) groups is 1. The number of amides is 1. The molecule has 6 nitrogen and oxygen atoms in total. The number of nitrogens with zero attached hydrogens (tertiary/aromatic N) is 3. The molecule has 1 saturated carbocycles. The van der Waals surface area contributed by atoms with Gasteiger partial charge in [-0.05, 0) is 19.8 Å². The lowest BCUT2D eigenvalue weighted by Crippen LogP contribution is -2.34. The van der Waals surface area contributed by atoms with E-state index in [1.54, 1.807) is 0 Å². The lowest BCUT2D eigenvalue weighted by Gasteiger charge is -2.19. The Hall–Kier alpha value is -1.50. The van der Waals surface area contributed by atoms with E-state index in [2.05, 4.69) is 9.97 Å². The Labute approximate surface area is 110 Å². The average Bonchev–Trinajstić information content (AvgIpc) is 3.10. The molecule has 18 heavy (non-hydrogen) atoms. The Morgan fingerprint density at radius 2 is 2.06 bits per heavy atom. The molecule has 1 aliphatic carbocycles. The molecule has 98 valence electrons. The molecule has 0 unspecified atom stereocenters. The van der Waals surface area contributed by atoms with E-state index in [1.165, 1.54) is 17.8 Å². The summed E-state index contributed by atoms with van der Waals surface area (Å²) in [6, 6.07) is 1.93. The lowest BCUT2D eigenvalue weighted by atomic mass is 10.4. The first kappa shape index (κ1) is 12.9. The predicted octanol–water partition coefficient (Wildman–Crippen LogP) is 0.744. The standard InChI is InChI=1S/C11H17N5OS/c1-2-16(7-3-4-7)10(17)6-18-11-14-8(12)5-9(13)15-11/h5,7H,2-4,6H2,1H3,(H4,12,13,14,15). The summed E-state index contributed by atoms with van der Waals surface area (Å²) in [5, 5.41) is 0.452. The number of rotatable bonds is 5. The average molecular weight is 267 g/mol. The maximum absolute atomic E-state index is 12.0. The third-order valence-electron chi connectivity index (χ3n) is 2.72. The summed E-state index contributed by atoms with van der Waals surface area (Å²) in [7, 11) is 0. The maximum atomic E-state index is 12.0. The van der Waals surface area contributed by atoms with Crippen LogP contribution in [-0.4, -0.2) is 39.1 Å². The van der Waals surface area contributed by atoms with Crippen LogP contribution >= 0.6 is 11.8 Å². The number of carbonyl (C=O) groups is 1. The van der Waals surface area contributed by atoms with Gasteiger partial charge in [-0.25, -0.2) is 9.97 Å². The number of carbonyl (C=O) groups excluding carboxylic acids is 1. The fraction of sp³-hybridized carbons (Fsp3) is 0.545. The minimum atomic E-state index is 0.120. The monoisotopic (exact) mass is 267 g/mol. The maximum Gasteiger partial charge on any atom is 0.233 e. The minimum Gasteiger partial charge on any atom is -0.383 e. The summed E-state index contributed by atoms with van der Waals surface area (Å²) in [5.74, 6) is 1.10. The number of nitrogens with two attached hydrogens (primary N) is 2. The zero-order valence-corrected chi connectivity index (χ0v) is 11.1. The number of hydrogen-bond donors (Lipinski definition) is 2. The highest BCUT2D eigenvalue weighted by Gasteiger charge is 2.31. The molecule has 1 heterocycles. The van der Waals surface area contributed by atoms with Crippen LogP contribution in [0.2, 0.25) is 0 Å². The molecule has 0 aliphatic heterocycles. The SMILES string of the molecule is CCN(C(=O)CSc1nc(N)cc(N)n1)C1CC1. The van der Waals surface area contributed by atoms with Crippen molar-refractivity contribution in [3.05, 3.63) is 6.07 Å². The van der Waals surface area contributed by atoms with Gasteiger partial charge in [-0.3, -0.25) is 4.79 Å². The molecule has 7 heteroatoms. The Balaban J connectivity index is 1.92. The molecule has 1 aromatic heterocycles. The van der Waals surface area contributed by atoms with Crippen molar-refractivity contribution in [1.82, 2.24) is 14.9 Å². The number of anilines is 2. The normalized spacial score (nSPS) is 14.5. The predicted molar refractivity (Wildman–Crippen MR) is 72.0 cm³/mol. The lowest BCUT2D eigenvalue weighted by molar-refractivity contribution is -0.128. The highest BCUT2D eigenvalue weighted by atomic mass is 32.2. The van der Waals surface area contributed by atoms with Crippen LogP contribution in [-0.2, 0) is 4.79 Å². The Morgan fingerprint density at radius 1 is 1.44 bits per heavy atom. The van der Waals surface area contributed by atoms with E-state index >= 15 is 0 Å². The fourth-order valence-electron chi connectivity index (χ4n) is 1.76. The smallest absolute Gasteiger partial charge is 0.233 e. The molecule has 0 radical (unpaired) electrons. The van der Waals surface area contributed by atoms with Gasteiger partial charge in [0.15, 0.2) is 5.16 Å². The first-order chi connectivity index (χ1) is 8.60. The van der Waals surface area contributed by atoms with Gasteiger partial charge in [0.1, 0.15) is 11.6 Å². The zero-order chi connectivity index (χ0) is 13.1. The van der Waals surface area contributed by atoms with Gasteiger partial charge in [-0.2, -0.15) is 0 Å². The van der Waals surface area contributed by atoms with Crippen molar-refractivity contribution in [3.63, 3.8) is 0 Å². The fourth-order valence-corrected chi connectivity index (χ4v) is 2.52. The van der Waals surface area contributed by atoms with Crippen LogP contribution in [0.25, 0.3) is 0 Å². The summed E-state index contributed by atoms with van der Waals surface area (Å²) in [4.78, 5) is 22.0. The molecule has 0 atom stereocenters. The second-order valence-corrected chi connectivity index (χ2v) is 5.14. The molecular weight excluding hydrogens is 250 g/mol. The summed E-state index contributed by atoms with van der Waals surface area (Å²) in [6.45, 7) is 2.75. The van der Waals surface area contributed by atoms with Gasteiger partial charge in [0.2, 0.25) is 5.91 Å². The second kappa shape index (κ2) is 5.43. The first-order valence-corrected chi connectivity index (χ1v) is 6.91. The Kier molecular flexibility index (Phi) is 3.90. The summed E-state index contributed by atoms with van der Waals surface area (Å²) >= 11 is 1.27. The molecule has 0 bridgehead atoms. The molecule has 1 aliphatic rings. The van der Waals surface area contributed by atoms with E-state index in [0.717, 1.165) is 19.4 Å². The van der Waals surface area contributed by atoms with Crippen molar-refractivity contribution >= 4 is 29.3 Å². The molecule has 1 amide bonds. The van der Waals surface area contributed by atoms with Crippen LogP contribution in [0.15, 0.2) is 11.2 Å². The second-order valence-electron chi connectivity index (χ2n) is 4.20. The van der Waals surface area contributed by atoms with Crippen molar-refractivity contribution in [3.8, 4) is 0 Å². The third kappa shape index (κ3) is 3.25. The van der Waals surface area contributed by atoms with Gasteiger partial charge in [-0.1, -0.05) is 11.8 Å². The third-order valence-corrected chi connectivity index (χ3v) is 3.55. The van der Waals surface area contributed by atoms with Crippen LogP contribution < -0.4 is 11.5 Å². The van der Waals surface area contributed by atoms with E-state index < -0.39 is 0 Å². The molecular formula is C11H17N5OS. The van der Waals surface area contributed by atoms with Crippen LogP contribution in [0.3, 0.4) is 0 Å². The molecule has 0 aromatic carbocycles.